The number of amides is 1. The van der Waals surface area contributed by atoms with Gasteiger partial charge in [0.25, 0.3) is 0 Å². The number of carbonyl (C=O) groups is 1. The van der Waals surface area contributed by atoms with Crippen molar-refractivity contribution in [3.63, 3.8) is 0 Å². The summed E-state index contributed by atoms with van der Waals surface area (Å²) in [7, 11) is -2.73. The fourth-order valence-electron chi connectivity index (χ4n) is 4.63. The van der Waals surface area contributed by atoms with Crippen molar-refractivity contribution in [2.75, 3.05) is 32.5 Å². The van der Waals surface area contributed by atoms with Crippen molar-refractivity contribution in [1.29, 1.82) is 0 Å². The molecule has 0 aliphatic carbocycles. The number of nitrogens with two attached hydrogens (primary N) is 1. The minimum Gasteiger partial charge on any atom is -0.387 e. The first-order valence-corrected chi connectivity index (χ1v) is 18.2. The van der Waals surface area contributed by atoms with Gasteiger partial charge in [0.15, 0.2) is 11.9 Å². The highest BCUT2D eigenvalue weighted by Gasteiger charge is 2.55. The number of anilines is 1. The average Bonchev–Trinajstić information content (AvgIpc) is 3.30. The molecule has 5 N–H and O–H groups in total. The molecule has 5 unspecified atom stereocenters. The largest absolute Gasteiger partial charge is 0.405 e. The van der Waals surface area contributed by atoms with E-state index in [1.165, 1.54) is 12.3 Å². The highest BCUT2D eigenvalue weighted by atomic mass is 31.2. The Morgan fingerprint density at radius 2 is 1.59 bits per heavy atom. The van der Waals surface area contributed by atoms with E-state index in [0.29, 0.717) is 12.8 Å². The fourth-order valence-corrected chi connectivity index (χ4v) is 5.68. The molecule has 1 amide bonds. The van der Waals surface area contributed by atoms with Crippen molar-refractivity contribution in [2.45, 2.75) is 89.3 Å². The summed E-state index contributed by atoms with van der Waals surface area (Å²) in [6, 6.07) is 1.30. The Bertz CT molecular complexity index is 1420. The van der Waals surface area contributed by atoms with Crippen LogP contribution >= 0.6 is 7.75 Å². The number of nitrogen functional groups attached to an aromatic ring is 1. The zero-order valence-electron chi connectivity index (χ0n) is 28.8. The fraction of sp³-hybridized carbons (Fsp3) is 0.514. The van der Waals surface area contributed by atoms with Gasteiger partial charge >= 0.3 is 13.4 Å². The molecule has 1 aliphatic heterocycles. The first kappa shape index (κ1) is 41.7. The number of hydrogen-bond donors (Lipinski definition) is 4. The molecule has 0 spiro atoms. The molecule has 2 rings (SSSR count). The third-order valence-corrected chi connectivity index (χ3v) is 8.94. The van der Waals surface area contributed by atoms with Crippen LogP contribution in [-0.2, 0) is 23.1 Å². The smallest absolute Gasteiger partial charge is 0.387 e. The highest BCUT2D eigenvalue weighted by molar-refractivity contribution is 7.51. The Labute approximate surface area is 289 Å². The van der Waals surface area contributed by atoms with Gasteiger partial charge in [-0.2, -0.15) is 4.98 Å². The molecule has 0 radical (unpaired) electrons. The lowest BCUT2D eigenvalue weighted by atomic mass is 9.98. The molecule has 1 aromatic heterocycles. The van der Waals surface area contributed by atoms with E-state index in [9.17, 15) is 19.3 Å². The van der Waals surface area contributed by atoms with Crippen molar-refractivity contribution < 1.29 is 32.6 Å². The van der Waals surface area contributed by atoms with Crippen LogP contribution < -0.4 is 21.8 Å². The molecule has 12 nitrogen and oxygen atoms in total. The van der Waals surface area contributed by atoms with Gasteiger partial charge in [0.05, 0.1) is 6.61 Å². The third-order valence-electron chi connectivity index (χ3n) is 7.36. The second kappa shape index (κ2) is 23.0. The third kappa shape index (κ3) is 15.8. The molecule has 0 saturated carbocycles. The number of ether oxygens (including phenoxy) is 1. The number of aliphatic hydroxyl groups is 1. The van der Waals surface area contributed by atoms with Gasteiger partial charge in [-0.1, -0.05) is 79.8 Å². The topological polar surface area (TPSA) is 167 Å². The standard InChI is InChI=1S/C35H53FN5O7P/c1-4-5-6-7-8-9-10-11-12-13-14-15-16-17-18-19-20-21-22-23-31(42)38-25-26-39-49(45,46-3)47-28-29-32(43)35(2,36)33(48-29)41-27-24-30(37)40-34(41)44/h5-6,8-9,11-12,14-15,17-18,20-21,24,27,29,32-33,43H,4,7,10,13,16,19,22-23,25-26,28H2,1-3H3,(H,38,42)(H,39,45)(H2,37,40,44). The van der Waals surface area contributed by atoms with E-state index >= 15 is 4.39 Å². The van der Waals surface area contributed by atoms with E-state index in [-0.39, 0.29) is 24.8 Å². The van der Waals surface area contributed by atoms with Crippen LogP contribution in [-0.4, -0.2) is 65.2 Å². The van der Waals surface area contributed by atoms with E-state index in [2.05, 4.69) is 83.1 Å². The van der Waals surface area contributed by atoms with E-state index in [1.54, 1.807) is 0 Å². The Morgan fingerprint density at radius 1 is 1.04 bits per heavy atom. The maximum Gasteiger partial charge on any atom is 0.405 e. The summed E-state index contributed by atoms with van der Waals surface area (Å²) in [6.07, 6.45) is 28.7. The monoisotopic (exact) mass is 705 g/mol. The van der Waals surface area contributed by atoms with Crippen molar-refractivity contribution in [3.05, 3.63) is 95.7 Å². The van der Waals surface area contributed by atoms with Crippen LogP contribution in [0.5, 0.6) is 0 Å². The van der Waals surface area contributed by atoms with Crippen LogP contribution in [0.4, 0.5) is 10.2 Å². The molecular weight excluding hydrogens is 652 g/mol. The van der Waals surface area contributed by atoms with Crippen molar-refractivity contribution in [2.24, 2.45) is 0 Å². The summed E-state index contributed by atoms with van der Waals surface area (Å²) in [4.78, 5) is 27.9. The zero-order chi connectivity index (χ0) is 36.0. The van der Waals surface area contributed by atoms with Crippen molar-refractivity contribution in [3.8, 4) is 0 Å². The molecule has 49 heavy (non-hydrogen) atoms. The van der Waals surface area contributed by atoms with E-state index in [4.69, 9.17) is 19.5 Å². The second-order valence-electron chi connectivity index (χ2n) is 11.4. The van der Waals surface area contributed by atoms with Gasteiger partial charge in [0, 0.05) is 32.8 Å². The van der Waals surface area contributed by atoms with Crippen LogP contribution in [0.1, 0.15) is 71.4 Å². The Balaban J connectivity index is 1.58. The van der Waals surface area contributed by atoms with Gasteiger partial charge < -0.3 is 25.4 Å². The number of rotatable bonds is 23. The summed E-state index contributed by atoms with van der Waals surface area (Å²) in [5, 5.41) is 15.8. The zero-order valence-corrected chi connectivity index (χ0v) is 29.7. The SMILES string of the molecule is CCC=CCC=CCC=CCC=CCC=CCC=CCCC(=O)NCCNP(=O)(OC)OCC1OC(n2ccc(N)nc2=O)C(C)(F)C1O. The van der Waals surface area contributed by atoms with Crippen LogP contribution in [0.3, 0.4) is 0 Å². The molecule has 5 atom stereocenters. The lowest BCUT2D eigenvalue weighted by Crippen LogP contribution is -2.43. The van der Waals surface area contributed by atoms with Gasteiger partial charge in [-0.15, -0.1) is 0 Å². The number of halogens is 1. The molecule has 1 fully saturated rings. The lowest BCUT2D eigenvalue weighted by molar-refractivity contribution is -0.120. The summed E-state index contributed by atoms with van der Waals surface area (Å²) in [5.74, 6) is -0.217. The van der Waals surface area contributed by atoms with Crippen molar-refractivity contribution >= 4 is 19.5 Å². The first-order chi connectivity index (χ1) is 23.5. The predicted octanol–water partition coefficient (Wildman–Crippen LogP) is 5.77. The molecule has 272 valence electrons. The van der Waals surface area contributed by atoms with E-state index in [0.717, 1.165) is 57.1 Å². The number of carbonyl (C=O) groups excluding carboxylic acids is 1. The van der Waals surface area contributed by atoms with E-state index in [1.807, 2.05) is 12.2 Å². The minimum absolute atomic E-state index is 0.0478. The number of aliphatic hydroxyl groups excluding tert-OH is 1. The number of alkyl halides is 1. The number of nitrogens with one attached hydrogen (secondary N) is 2. The van der Waals surface area contributed by atoms with Crippen LogP contribution in [0, 0.1) is 0 Å². The Morgan fingerprint density at radius 3 is 2.12 bits per heavy atom. The predicted molar refractivity (Wildman–Crippen MR) is 191 cm³/mol. The number of hydrogen-bond acceptors (Lipinski definition) is 9. The molecular formula is C35H53FN5O7P. The molecule has 1 saturated heterocycles. The van der Waals surface area contributed by atoms with Crippen LogP contribution in [0.15, 0.2) is 90.0 Å². The van der Waals surface area contributed by atoms with Gasteiger partial charge in [0.2, 0.25) is 5.91 Å². The molecule has 0 aromatic carbocycles. The Hall–Kier alpha value is -3.45. The summed E-state index contributed by atoms with van der Waals surface area (Å²) in [6.45, 7) is 2.91. The highest BCUT2D eigenvalue weighted by Crippen LogP contribution is 2.45. The second-order valence-corrected chi connectivity index (χ2v) is 13.3. The number of allylic oxidation sites excluding steroid dienone is 12. The van der Waals surface area contributed by atoms with Crippen molar-refractivity contribution in [1.82, 2.24) is 20.0 Å². The van der Waals surface area contributed by atoms with Gasteiger partial charge in [-0.3, -0.25) is 13.9 Å². The average molecular weight is 706 g/mol. The lowest BCUT2D eigenvalue weighted by Gasteiger charge is -2.24. The van der Waals surface area contributed by atoms with Gasteiger partial charge in [-0.05, 0) is 57.9 Å². The summed E-state index contributed by atoms with van der Waals surface area (Å²) >= 11 is 0. The Kier molecular flexibility index (Phi) is 19.6. The van der Waals surface area contributed by atoms with E-state index < -0.39 is 44.1 Å². The summed E-state index contributed by atoms with van der Waals surface area (Å²) in [5.41, 5.74) is 2.24. The molecule has 14 heteroatoms. The molecule has 2 heterocycles. The molecule has 0 bridgehead atoms. The number of aromatic nitrogens is 2. The molecule has 1 aliphatic rings. The maximum absolute atomic E-state index is 15.4. The molecule has 1 aromatic rings. The minimum atomic E-state index is -3.89. The van der Waals surface area contributed by atoms with Gasteiger partial charge in [0.1, 0.15) is 18.0 Å². The normalized spacial score (nSPS) is 22.9. The van der Waals surface area contributed by atoms with Crippen LogP contribution in [0.2, 0.25) is 0 Å². The van der Waals surface area contributed by atoms with Crippen LogP contribution in [0.25, 0.3) is 0 Å². The summed E-state index contributed by atoms with van der Waals surface area (Å²) < 4.78 is 45.1. The maximum atomic E-state index is 15.4. The number of nitrogens with zero attached hydrogens (tertiary/aromatic N) is 2. The quantitative estimate of drug-likeness (QED) is 0.0624. The van der Waals surface area contributed by atoms with Gasteiger partial charge in [-0.25, -0.2) is 18.8 Å². The first-order valence-electron chi connectivity index (χ1n) is 16.6.